The standard InChI is InChI=1S/C84H96Cl2N8O21/c1-5-41(19-37(2)3)79(107)93-71-59(98)28-48(31-67(101)90-84(111)89-49-13-8-38(9-14-49)7-6-18-88-4)80(108)91-69-47-29-64(112-62-16-11-43(73(71)102)26-55(62)85)78(115-83-77(106)76(105)75(104)66(36-87)114-83)65(30-47)113-63-17-12-44(27-56(63)86)74(103)72-82(110)92-70(61(100)34-51-45-21-39-20-40(23-45)24-46(51)22-39)54-32-50(95)33-58(97)68(54)53-25-42(10-15-57(53)96)52(35-60(69)99)81(109)94-72/h8-17,25-27,29-30,32-33,37,39-41,45-46,48,51-52,66,69-77,83,88,95-97,102-106H,5-7,18-24,28,31,34-36,87H2,1-4H3,(H,91,108)(H,92,110)(H,93,107)(H,94,109)(H2,89,90,101,111)/t39?,40?,41-,45?,46?,48+,51?,52-,66-,69-,70+,71+,72+,73-,74-,75-,76+,77-,83+/m1/s1. The molecule has 4 aliphatic carbocycles. The lowest BCUT2D eigenvalue weighted by Gasteiger charge is -2.54. The van der Waals surface area contributed by atoms with Crippen molar-refractivity contribution in [3.05, 3.63) is 147 Å². The van der Waals surface area contributed by atoms with Crippen molar-refractivity contribution < 1.29 is 103 Å². The first-order valence-electron chi connectivity index (χ1n) is 39.0. The maximum atomic E-state index is 16.6. The zero-order valence-electron chi connectivity index (χ0n) is 63.7. The van der Waals surface area contributed by atoms with Gasteiger partial charge in [0.15, 0.2) is 28.8 Å². The van der Waals surface area contributed by atoms with Gasteiger partial charge in [0.25, 0.3) is 0 Å². The molecule has 10 aliphatic rings. The molecule has 1 saturated heterocycles. The fourth-order valence-electron chi connectivity index (χ4n) is 17.8. The van der Waals surface area contributed by atoms with Gasteiger partial charge in [-0.3, -0.25) is 43.7 Å². The molecular formula is C84H96Cl2N8O21. The van der Waals surface area contributed by atoms with Crippen LogP contribution in [0.5, 0.6) is 46.0 Å². The topological polar surface area (TPSA) is 463 Å². The Kier molecular flexibility index (Phi) is 25.6. The van der Waals surface area contributed by atoms with Gasteiger partial charge < -0.3 is 97.4 Å². The van der Waals surface area contributed by atoms with Gasteiger partial charge in [-0.1, -0.05) is 74.3 Å². The number of nitrogens with two attached hydrogens (primary N) is 1. The highest BCUT2D eigenvalue weighted by molar-refractivity contribution is 6.32. The number of aliphatic hydroxyl groups excluding tert-OH is 5. The number of ketones is 3. The lowest BCUT2D eigenvalue weighted by molar-refractivity contribution is -0.270. The number of imide groups is 1. The molecule has 16 rings (SSSR count). The van der Waals surface area contributed by atoms with Crippen molar-refractivity contribution in [3.63, 3.8) is 0 Å². The van der Waals surface area contributed by atoms with Crippen LogP contribution in [0.2, 0.25) is 10.0 Å². The van der Waals surface area contributed by atoms with E-state index < -0.39 is 198 Å². The second-order valence-corrected chi connectivity index (χ2v) is 32.8. The number of ether oxygens (including phenoxy) is 4. The minimum absolute atomic E-state index is 0.0307. The second kappa shape index (κ2) is 35.3. The molecule has 115 heavy (non-hydrogen) atoms. The third-order valence-electron chi connectivity index (χ3n) is 23.6. The zero-order chi connectivity index (χ0) is 82.1. The molecule has 14 atom stereocenters. The zero-order valence-corrected chi connectivity index (χ0v) is 65.2. The third kappa shape index (κ3) is 18.3. The molecule has 0 aromatic heterocycles. The van der Waals surface area contributed by atoms with Crippen LogP contribution >= 0.6 is 23.2 Å². The van der Waals surface area contributed by atoms with Crippen molar-refractivity contribution in [1.82, 2.24) is 31.9 Å². The van der Waals surface area contributed by atoms with E-state index in [4.69, 9.17) is 47.9 Å². The van der Waals surface area contributed by atoms with Gasteiger partial charge in [-0.05, 0) is 207 Å². The van der Waals surface area contributed by atoms with Crippen molar-refractivity contribution in [1.29, 1.82) is 0 Å². The molecule has 31 heteroatoms. The Hall–Kier alpha value is -9.79. The van der Waals surface area contributed by atoms with E-state index in [1.807, 2.05) is 20.9 Å². The Labute approximate surface area is 672 Å². The van der Waals surface area contributed by atoms with E-state index >= 15 is 28.8 Å². The maximum Gasteiger partial charge on any atom is 0.325 e. The molecule has 0 spiro atoms. The molecule has 4 saturated carbocycles. The number of amides is 7. The number of phenolic OH excluding ortho intramolecular Hbond substituents is 3. The van der Waals surface area contributed by atoms with Crippen LogP contribution in [-0.2, 0) is 49.5 Å². The minimum atomic E-state index is -2.20. The van der Waals surface area contributed by atoms with Gasteiger partial charge >= 0.3 is 6.03 Å². The molecule has 6 aliphatic heterocycles. The van der Waals surface area contributed by atoms with Gasteiger partial charge in [0, 0.05) is 61.0 Å². The minimum Gasteiger partial charge on any atom is -0.508 e. The summed E-state index contributed by atoms with van der Waals surface area (Å²) >= 11 is 14.3. The number of carbonyl (C=O) groups excluding carboxylic acids is 9. The number of aryl methyl sites for hydroxylation is 1. The predicted octanol–water partition coefficient (Wildman–Crippen LogP) is 8.21. The smallest absolute Gasteiger partial charge is 0.325 e. The van der Waals surface area contributed by atoms with E-state index in [0.29, 0.717) is 24.7 Å². The Morgan fingerprint density at radius 3 is 1.92 bits per heavy atom. The van der Waals surface area contributed by atoms with Crippen molar-refractivity contribution in [3.8, 4) is 57.1 Å². The molecule has 7 amide bonds. The molecule has 17 N–H and O–H groups in total. The first-order chi connectivity index (χ1) is 54.9. The van der Waals surface area contributed by atoms with E-state index in [9.17, 15) is 55.2 Å². The number of hydrogen-bond donors (Lipinski definition) is 16. The summed E-state index contributed by atoms with van der Waals surface area (Å²) in [4.78, 5) is 138. The fourth-order valence-corrected chi connectivity index (χ4v) is 18.3. The molecular weight excluding hydrogens is 1530 g/mol. The summed E-state index contributed by atoms with van der Waals surface area (Å²) in [7, 11) is 1.83. The summed E-state index contributed by atoms with van der Waals surface area (Å²) in [5.74, 6) is -15.6. The number of fused-ring (bicyclic) bond motifs is 15. The Morgan fingerprint density at radius 2 is 1.30 bits per heavy atom. The fraction of sp³-hybridized carbons (Fsp3) is 0.464. The number of benzene rings is 6. The van der Waals surface area contributed by atoms with E-state index in [1.165, 1.54) is 48.5 Å². The molecule has 0 radical (unpaired) electrons. The molecule has 29 nitrogen and oxygen atoms in total. The van der Waals surface area contributed by atoms with Crippen LogP contribution in [0, 0.1) is 47.3 Å². The highest BCUT2D eigenvalue weighted by Gasteiger charge is 2.51. The van der Waals surface area contributed by atoms with Gasteiger partial charge in [0.1, 0.15) is 89.5 Å². The van der Waals surface area contributed by atoms with Crippen LogP contribution in [0.4, 0.5) is 10.5 Å². The van der Waals surface area contributed by atoms with E-state index in [-0.39, 0.29) is 103 Å². The van der Waals surface area contributed by atoms with E-state index in [0.717, 1.165) is 81.0 Å². The Morgan fingerprint density at radius 1 is 0.661 bits per heavy atom. The molecule has 6 aromatic rings. The third-order valence-corrected chi connectivity index (χ3v) is 24.2. The molecule has 612 valence electrons. The van der Waals surface area contributed by atoms with Crippen LogP contribution in [0.15, 0.2) is 103 Å². The highest BCUT2D eigenvalue weighted by atomic mass is 35.5. The first-order valence-corrected chi connectivity index (χ1v) is 39.8. The van der Waals surface area contributed by atoms with Crippen LogP contribution < -0.4 is 57.2 Å². The summed E-state index contributed by atoms with van der Waals surface area (Å²) in [5.41, 5.74) is 5.73. The van der Waals surface area contributed by atoms with E-state index in [1.54, 1.807) is 31.2 Å². The lowest BCUT2D eigenvalue weighted by atomic mass is 9.51. The molecule has 6 aromatic carbocycles. The Bertz CT molecular complexity index is 4710. The maximum absolute atomic E-state index is 16.6. The SMILES string of the molecule is CC[C@H](CC(C)C)C(=O)N[C@H]1C(=O)C[C@@H](CC(=O)NC(=O)Nc2ccc(CCCNC)cc2)C(=O)N[C@H]2C(=O)C[C@H]3C(=O)N[C@H](C(=O)N[C@H](C(=O)CC4C5CC6CC(C5)CC4C6)c4cc(O)cc(O)c4-c4cc3ccc4O)[C@H](O)c3ccc(c(Cl)c3)Oc3cc2cc(c3O[C@@H]2O[C@H](CN)[C@@H](O)[C@H](O)[C@H]2O)Oc2ccc(cc2Cl)[C@H]1O. The van der Waals surface area contributed by atoms with Crippen LogP contribution in [-0.4, -0.2) is 157 Å². The van der Waals surface area contributed by atoms with E-state index in [2.05, 4.69) is 37.2 Å². The quantitative estimate of drug-likeness (QED) is 0.0360. The number of carbonyl (C=O) groups is 9. The number of Topliss-reactive ketones (excluding diaryl/α,β-unsaturated/α-hetero) is 3. The number of aliphatic hydroxyl groups is 5. The van der Waals surface area contributed by atoms with Crippen LogP contribution in [0.25, 0.3) is 11.1 Å². The predicted molar refractivity (Wildman–Crippen MR) is 418 cm³/mol. The van der Waals surface area contributed by atoms with Crippen molar-refractivity contribution in [2.75, 3.05) is 25.5 Å². The summed E-state index contributed by atoms with van der Waals surface area (Å²) in [6, 6.07) is 13.1. The summed E-state index contributed by atoms with van der Waals surface area (Å²) in [5, 5.41) is 113. The van der Waals surface area contributed by atoms with Gasteiger partial charge in [0.05, 0.1) is 21.9 Å². The highest BCUT2D eigenvalue weighted by Crippen LogP contribution is 2.58. The lowest BCUT2D eigenvalue weighted by Crippen LogP contribution is -2.60. The van der Waals surface area contributed by atoms with Crippen molar-refractivity contribution in [2.24, 2.45) is 53.1 Å². The number of rotatable bonds is 18. The van der Waals surface area contributed by atoms with Gasteiger partial charge in [-0.25, -0.2) is 4.79 Å². The van der Waals surface area contributed by atoms with Crippen molar-refractivity contribution in [2.45, 2.75) is 177 Å². The first kappa shape index (κ1) is 83.2. The summed E-state index contributed by atoms with van der Waals surface area (Å²) in [6.07, 6.45) is -9.61. The van der Waals surface area contributed by atoms with Crippen molar-refractivity contribution >= 4 is 81.8 Å². The normalized spacial score (nSPS) is 28.1. The second-order valence-electron chi connectivity index (χ2n) is 32.0. The average molecular weight is 1620 g/mol. The van der Waals surface area contributed by atoms with Gasteiger partial charge in [0.2, 0.25) is 41.6 Å². The number of urea groups is 1. The number of halogens is 2. The molecule has 0 unspecified atom stereocenters. The van der Waals surface area contributed by atoms with Crippen LogP contribution in [0.3, 0.4) is 0 Å². The number of phenols is 3. The number of hydrogen-bond acceptors (Lipinski definition) is 23. The monoisotopic (exact) mass is 1620 g/mol. The average Bonchev–Trinajstić information content (AvgIpc) is 0.760. The summed E-state index contributed by atoms with van der Waals surface area (Å²) < 4.78 is 25.8. The van der Waals surface area contributed by atoms with Crippen LogP contribution in [0.1, 0.15) is 161 Å². The Balaban J connectivity index is 0.986. The number of aromatic hydroxyl groups is 3. The summed E-state index contributed by atoms with van der Waals surface area (Å²) in [6.45, 7) is 5.84. The molecule has 5 fully saturated rings. The molecule has 15 bridgehead atoms. The van der Waals surface area contributed by atoms with Gasteiger partial charge in [-0.2, -0.15) is 0 Å². The van der Waals surface area contributed by atoms with Gasteiger partial charge in [-0.15, -0.1) is 0 Å². The number of anilines is 1. The largest absolute Gasteiger partial charge is 0.508 e. The number of nitrogens with one attached hydrogen (secondary N) is 7. The molecule has 6 heterocycles.